The van der Waals surface area contributed by atoms with Crippen molar-refractivity contribution in [2.24, 2.45) is 23.7 Å². The molecular weight excluding hydrogens is 1100 g/mol. The molecule has 2 aromatic rings. The van der Waals surface area contributed by atoms with E-state index in [0.717, 1.165) is 11.3 Å². The molecule has 0 spiro atoms. The standard InChI is InChI=1S/C62H96N8O15/c1-13-40(6)54(48(80-11)37-50(72)69-27-18-23-46(69)56(81-12)41(7)57(74)64-42(8)55(73)43-19-15-14-16-20-43)68(10)62(79)52(38(2)3)66-59(76)53(39(4)5)67(9)28-30-83-32-34-85-36-35-84-33-31-82-29-26-63-45-22-17-21-44-51(45)61(78)70(60(44)77)47-24-25-49(71)65-58(47)75/h14-17,19-22,38-42,46-48,52-56,63,73H,13,18,23-37H2,1-12H3,(H,64,74)(H,66,76)(H,65,71,75)/t40-,41+,42+,46-,47?,48+,52-,53-,54-,55+,56+/m0/s1. The second-order valence-corrected chi connectivity index (χ2v) is 23.2. The molecule has 23 nitrogen and oxygen atoms in total. The highest BCUT2D eigenvalue weighted by molar-refractivity contribution is 6.25. The van der Waals surface area contributed by atoms with Crippen molar-refractivity contribution in [3.8, 4) is 0 Å². The van der Waals surface area contributed by atoms with Gasteiger partial charge in [0.2, 0.25) is 35.4 Å². The summed E-state index contributed by atoms with van der Waals surface area (Å²) in [6.45, 7) is 19.2. The minimum atomic E-state index is -1.04. The van der Waals surface area contributed by atoms with Gasteiger partial charge in [-0.3, -0.25) is 53.5 Å². The van der Waals surface area contributed by atoms with Crippen LogP contribution in [0.2, 0.25) is 0 Å². The lowest BCUT2D eigenvalue weighted by Gasteiger charge is -2.41. The molecule has 0 aliphatic carbocycles. The molecule has 1 unspecified atom stereocenters. The molecular formula is C62H96N8O15. The van der Waals surface area contributed by atoms with E-state index in [1.165, 1.54) is 0 Å². The number of nitrogens with zero attached hydrogens (tertiary/aromatic N) is 4. The Hall–Kier alpha value is -5.92. The Morgan fingerprint density at radius 1 is 0.753 bits per heavy atom. The first kappa shape index (κ1) is 69.8. The minimum absolute atomic E-state index is 0.0209. The summed E-state index contributed by atoms with van der Waals surface area (Å²) in [5.74, 6) is -4.41. The van der Waals surface area contributed by atoms with Crippen molar-refractivity contribution in [2.75, 3.05) is 106 Å². The predicted molar refractivity (Wildman–Crippen MR) is 318 cm³/mol. The topological polar surface area (TPSA) is 273 Å². The van der Waals surface area contributed by atoms with Crippen LogP contribution in [0, 0.1) is 23.7 Å². The molecule has 0 bridgehead atoms. The number of hydrogen-bond donors (Lipinski definition) is 5. The van der Waals surface area contributed by atoms with Crippen LogP contribution in [-0.4, -0.2) is 221 Å². The number of anilines is 1. The molecule has 0 aromatic heterocycles. The van der Waals surface area contributed by atoms with Gasteiger partial charge in [0.1, 0.15) is 12.1 Å². The molecule has 8 amide bonds. The number of carbonyl (C=O) groups is 8. The summed E-state index contributed by atoms with van der Waals surface area (Å²) in [5, 5.41) is 22.3. The first-order chi connectivity index (χ1) is 40.6. The molecule has 3 aliphatic rings. The summed E-state index contributed by atoms with van der Waals surface area (Å²) < 4.78 is 34.9. The molecule has 3 aliphatic heterocycles. The van der Waals surface area contributed by atoms with Crippen LogP contribution in [-0.2, 0) is 57.2 Å². The van der Waals surface area contributed by atoms with Crippen LogP contribution < -0.4 is 21.3 Å². The molecule has 5 rings (SSSR count). The number of nitrogens with one attached hydrogen (secondary N) is 4. The van der Waals surface area contributed by atoms with Crippen molar-refractivity contribution in [2.45, 2.75) is 148 Å². The molecule has 2 saturated heterocycles. The number of ether oxygens (including phenoxy) is 6. The van der Waals surface area contributed by atoms with Gasteiger partial charge in [-0.05, 0) is 68.7 Å². The number of hydrogen-bond acceptors (Lipinski definition) is 17. The monoisotopic (exact) mass is 1190 g/mol. The fraction of sp³-hybridized carbons (Fsp3) is 0.677. The van der Waals surface area contributed by atoms with Crippen LogP contribution >= 0.6 is 0 Å². The van der Waals surface area contributed by atoms with E-state index >= 15 is 0 Å². The van der Waals surface area contributed by atoms with Crippen molar-refractivity contribution in [1.82, 2.24) is 35.6 Å². The molecule has 5 N–H and O–H groups in total. The SMILES string of the molecule is CC[C@H](C)[C@@H]([C@@H](CC(=O)N1CCC[C@H]1[C@H](OC)[C@@H](C)C(=O)N[C@H](C)[C@@H](O)c1ccccc1)OC)N(C)C(=O)[C@@H](NC(=O)[C@H](C(C)C)N(C)CCOCCOCCOCCOCCNc1cccc2c1C(=O)N(C1CCC(=O)NC1=O)C2=O)C(C)C. The highest BCUT2D eigenvalue weighted by atomic mass is 16.6. The van der Waals surface area contributed by atoms with Crippen molar-refractivity contribution < 1.29 is 71.9 Å². The number of methoxy groups -OCH3 is 2. The van der Waals surface area contributed by atoms with Crippen molar-refractivity contribution in [3.05, 3.63) is 65.2 Å². The summed E-state index contributed by atoms with van der Waals surface area (Å²) in [6, 6.07) is 10.0. The van der Waals surface area contributed by atoms with Gasteiger partial charge in [-0.15, -0.1) is 0 Å². The fourth-order valence-electron chi connectivity index (χ4n) is 11.7. The van der Waals surface area contributed by atoms with Crippen LogP contribution in [0.1, 0.15) is 126 Å². The van der Waals surface area contributed by atoms with Gasteiger partial charge in [-0.2, -0.15) is 0 Å². The maximum atomic E-state index is 14.7. The number of aliphatic hydroxyl groups is 1. The van der Waals surface area contributed by atoms with Gasteiger partial charge in [0.25, 0.3) is 11.8 Å². The predicted octanol–water partition coefficient (Wildman–Crippen LogP) is 3.82. The van der Waals surface area contributed by atoms with Gasteiger partial charge in [0, 0.05) is 53.0 Å². The lowest BCUT2D eigenvalue weighted by atomic mass is 9.89. The first-order valence-electron chi connectivity index (χ1n) is 30.1. The molecule has 3 heterocycles. The number of amides is 8. The summed E-state index contributed by atoms with van der Waals surface area (Å²) in [7, 11) is 6.66. The molecule has 23 heteroatoms. The smallest absolute Gasteiger partial charge is 0.264 e. The van der Waals surface area contributed by atoms with E-state index < -0.39 is 78.1 Å². The van der Waals surface area contributed by atoms with E-state index in [2.05, 4.69) is 21.3 Å². The summed E-state index contributed by atoms with van der Waals surface area (Å²) in [4.78, 5) is 114. The molecule has 2 fully saturated rings. The molecule has 85 heavy (non-hydrogen) atoms. The van der Waals surface area contributed by atoms with Crippen LogP contribution in [0.25, 0.3) is 0 Å². The second-order valence-electron chi connectivity index (χ2n) is 23.2. The summed E-state index contributed by atoms with van der Waals surface area (Å²) in [5.41, 5.74) is 1.52. The number of fused-ring (bicyclic) bond motifs is 1. The number of piperidine rings is 1. The van der Waals surface area contributed by atoms with Crippen LogP contribution in [0.4, 0.5) is 5.69 Å². The van der Waals surface area contributed by atoms with E-state index in [4.69, 9.17) is 28.4 Å². The quantitative estimate of drug-likeness (QED) is 0.0475. The minimum Gasteiger partial charge on any atom is -0.386 e. The lowest BCUT2D eigenvalue weighted by molar-refractivity contribution is -0.148. The molecule has 474 valence electrons. The Balaban J connectivity index is 1.01. The van der Waals surface area contributed by atoms with E-state index in [1.54, 1.807) is 63.1 Å². The van der Waals surface area contributed by atoms with Crippen molar-refractivity contribution in [1.29, 1.82) is 0 Å². The Labute approximate surface area is 502 Å². The normalized spacial score (nSPS) is 19.5. The highest BCUT2D eigenvalue weighted by Crippen LogP contribution is 2.33. The van der Waals surface area contributed by atoms with Gasteiger partial charge in [0.15, 0.2) is 0 Å². The number of rotatable bonds is 37. The van der Waals surface area contributed by atoms with E-state index in [0.29, 0.717) is 96.6 Å². The van der Waals surface area contributed by atoms with Crippen molar-refractivity contribution in [3.63, 3.8) is 0 Å². The zero-order valence-corrected chi connectivity index (χ0v) is 52.1. The highest BCUT2D eigenvalue weighted by Gasteiger charge is 2.47. The number of likely N-dealkylation sites (tertiary alicyclic amines) is 1. The molecule has 2 aromatic carbocycles. The number of likely N-dealkylation sites (N-methyl/N-ethyl adjacent to an activating group) is 2. The van der Waals surface area contributed by atoms with Gasteiger partial charge in [0.05, 0.1) is 119 Å². The lowest BCUT2D eigenvalue weighted by Crippen LogP contribution is -2.60. The van der Waals surface area contributed by atoms with Gasteiger partial charge in [-0.25, -0.2) is 0 Å². The maximum absolute atomic E-state index is 14.7. The van der Waals surface area contributed by atoms with Crippen LogP contribution in [0.15, 0.2) is 48.5 Å². The first-order valence-corrected chi connectivity index (χ1v) is 30.1. The zero-order chi connectivity index (χ0) is 62.5. The third kappa shape index (κ3) is 18.8. The molecule has 0 saturated carbocycles. The maximum Gasteiger partial charge on any atom is 0.264 e. The average Bonchev–Trinajstić information content (AvgIpc) is 1.93. The van der Waals surface area contributed by atoms with Crippen molar-refractivity contribution >= 4 is 52.9 Å². The third-order valence-corrected chi connectivity index (χ3v) is 16.6. The Bertz CT molecular complexity index is 2520. The van der Waals surface area contributed by atoms with Gasteiger partial charge >= 0.3 is 0 Å². The van der Waals surface area contributed by atoms with Crippen LogP contribution in [0.5, 0.6) is 0 Å². The number of aliphatic hydroxyl groups excluding tert-OH is 1. The summed E-state index contributed by atoms with van der Waals surface area (Å²) in [6.07, 6.45) is -0.0719. The van der Waals surface area contributed by atoms with Gasteiger partial charge < -0.3 is 59.3 Å². The Morgan fingerprint density at radius 2 is 1.39 bits per heavy atom. The molecule has 0 radical (unpaired) electrons. The number of carbonyl (C=O) groups excluding carboxylic acids is 8. The largest absolute Gasteiger partial charge is 0.386 e. The number of benzene rings is 2. The van der Waals surface area contributed by atoms with E-state index in [-0.39, 0.29) is 77.8 Å². The third-order valence-electron chi connectivity index (χ3n) is 16.6. The Morgan fingerprint density at radius 3 is 1.98 bits per heavy atom. The Kier molecular flexibility index (Phi) is 28.3. The van der Waals surface area contributed by atoms with Gasteiger partial charge in [-0.1, -0.05) is 91.3 Å². The summed E-state index contributed by atoms with van der Waals surface area (Å²) >= 11 is 0. The zero-order valence-electron chi connectivity index (χ0n) is 52.1. The van der Waals surface area contributed by atoms with E-state index in [1.807, 2.05) is 83.8 Å². The molecule has 11 atom stereocenters. The number of imide groups is 2. The van der Waals surface area contributed by atoms with Crippen LogP contribution in [0.3, 0.4) is 0 Å². The average molecular weight is 1190 g/mol. The second kappa shape index (κ2) is 34.4. The van der Waals surface area contributed by atoms with E-state index in [9.17, 15) is 43.5 Å². The fourth-order valence-corrected chi connectivity index (χ4v) is 11.7.